The van der Waals surface area contributed by atoms with Crippen molar-refractivity contribution in [2.45, 2.75) is 26.3 Å². The van der Waals surface area contributed by atoms with Gasteiger partial charge in [-0.15, -0.1) is 0 Å². The van der Waals surface area contributed by atoms with Gasteiger partial charge in [0, 0.05) is 19.1 Å². The van der Waals surface area contributed by atoms with E-state index in [4.69, 9.17) is 0 Å². The first-order chi connectivity index (χ1) is 6.27. The molecular weight excluding hydrogens is 160 g/mol. The number of hydrogen-bond acceptors (Lipinski definition) is 2. The van der Waals surface area contributed by atoms with Crippen molar-refractivity contribution >= 4 is 0 Å². The summed E-state index contributed by atoms with van der Waals surface area (Å²) < 4.78 is 0. The maximum Gasteiger partial charge on any atom is 0.0492 e. The van der Waals surface area contributed by atoms with E-state index in [1.807, 2.05) is 19.2 Å². The predicted octanol–water partition coefficient (Wildman–Crippen LogP) is 1.76. The van der Waals surface area contributed by atoms with Gasteiger partial charge in [-0.25, -0.2) is 0 Å². The predicted molar refractivity (Wildman–Crippen MR) is 57.6 cm³/mol. The molecule has 0 aromatic carbocycles. The lowest BCUT2D eigenvalue weighted by molar-refractivity contribution is 0.296. The van der Waals surface area contributed by atoms with Crippen LogP contribution in [0.4, 0.5) is 0 Å². The first-order valence-electron chi connectivity index (χ1n) is 4.98. The van der Waals surface area contributed by atoms with Crippen LogP contribution in [0.15, 0.2) is 23.9 Å². The van der Waals surface area contributed by atoms with Gasteiger partial charge in [-0.3, -0.25) is 0 Å². The van der Waals surface area contributed by atoms with Gasteiger partial charge in [0.1, 0.15) is 0 Å². The van der Waals surface area contributed by atoms with Gasteiger partial charge in [-0.1, -0.05) is 12.2 Å². The quantitative estimate of drug-likeness (QED) is 0.651. The Bertz CT molecular complexity index is 206. The molecule has 0 aromatic rings. The summed E-state index contributed by atoms with van der Waals surface area (Å²) in [5.41, 5.74) is 1.51. The van der Waals surface area contributed by atoms with Crippen LogP contribution in [0, 0.1) is 0 Å². The Labute approximate surface area is 81.3 Å². The molecule has 0 bridgehead atoms. The highest BCUT2D eigenvalue weighted by Gasteiger charge is 2.19. The molecule has 0 spiro atoms. The van der Waals surface area contributed by atoms with Crippen molar-refractivity contribution in [1.29, 1.82) is 0 Å². The van der Waals surface area contributed by atoms with Crippen molar-refractivity contribution in [2.24, 2.45) is 0 Å². The van der Waals surface area contributed by atoms with E-state index < -0.39 is 0 Å². The summed E-state index contributed by atoms with van der Waals surface area (Å²) in [7, 11) is 2.18. The number of likely N-dealkylation sites (N-methyl/N-ethyl adjacent to an activating group) is 1. The van der Waals surface area contributed by atoms with E-state index in [-0.39, 0.29) is 0 Å². The third-order valence-corrected chi connectivity index (χ3v) is 2.53. The Balaban J connectivity index is 2.53. The Morgan fingerprint density at radius 1 is 1.46 bits per heavy atom. The highest BCUT2D eigenvalue weighted by molar-refractivity contribution is 5.15. The second kappa shape index (κ2) is 5.07. The molecule has 2 heteroatoms. The summed E-state index contributed by atoms with van der Waals surface area (Å²) in [5.74, 6) is 0. The zero-order valence-electron chi connectivity index (χ0n) is 8.88. The van der Waals surface area contributed by atoms with Gasteiger partial charge < -0.3 is 10.2 Å². The first kappa shape index (κ1) is 10.3. The average molecular weight is 180 g/mol. The van der Waals surface area contributed by atoms with Crippen molar-refractivity contribution in [3.05, 3.63) is 23.9 Å². The topological polar surface area (TPSA) is 15.3 Å². The van der Waals surface area contributed by atoms with Gasteiger partial charge >= 0.3 is 0 Å². The van der Waals surface area contributed by atoms with E-state index >= 15 is 0 Å². The van der Waals surface area contributed by atoms with Gasteiger partial charge in [0.25, 0.3) is 0 Å². The molecule has 1 heterocycles. The van der Waals surface area contributed by atoms with E-state index in [1.54, 1.807) is 0 Å². The van der Waals surface area contributed by atoms with Gasteiger partial charge in [-0.2, -0.15) is 0 Å². The molecule has 1 atom stereocenters. The lowest BCUT2D eigenvalue weighted by Crippen LogP contribution is -2.41. The fraction of sp³-hybridized carbons (Fsp3) is 0.636. The minimum Gasteiger partial charge on any atom is -0.385 e. The van der Waals surface area contributed by atoms with Crippen LogP contribution in [-0.2, 0) is 0 Å². The maximum atomic E-state index is 3.42. The molecule has 0 saturated carbocycles. The number of nitrogens with one attached hydrogen (secondary N) is 1. The zero-order chi connectivity index (χ0) is 9.68. The Morgan fingerprint density at radius 2 is 2.23 bits per heavy atom. The van der Waals surface area contributed by atoms with Crippen LogP contribution in [-0.4, -0.2) is 31.1 Å². The van der Waals surface area contributed by atoms with Crippen LogP contribution in [0.5, 0.6) is 0 Å². The van der Waals surface area contributed by atoms with Crippen LogP contribution in [0.25, 0.3) is 0 Å². The van der Waals surface area contributed by atoms with Crippen LogP contribution < -0.4 is 5.32 Å². The second-order valence-electron chi connectivity index (χ2n) is 3.61. The Morgan fingerprint density at radius 3 is 2.85 bits per heavy atom. The highest BCUT2D eigenvalue weighted by atomic mass is 15.1. The number of rotatable bonds is 2. The van der Waals surface area contributed by atoms with Crippen LogP contribution in [0.2, 0.25) is 0 Å². The molecule has 0 radical (unpaired) electrons. The summed E-state index contributed by atoms with van der Waals surface area (Å²) in [6, 6.07) is 0.553. The lowest BCUT2D eigenvalue weighted by atomic mass is 9.99. The first-order valence-corrected chi connectivity index (χ1v) is 4.98. The molecule has 0 aromatic heterocycles. The smallest absolute Gasteiger partial charge is 0.0492 e. The molecule has 1 unspecified atom stereocenters. The molecular formula is C11H20N2. The summed E-state index contributed by atoms with van der Waals surface area (Å²) in [5, 5.41) is 3.42. The van der Waals surface area contributed by atoms with Gasteiger partial charge in [0.15, 0.2) is 0 Å². The second-order valence-corrected chi connectivity index (χ2v) is 3.61. The lowest BCUT2D eigenvalue weighted by Gasteiger charge is -2.32. The summed E-state index contributed by atoms with van der Waals surface area (Å²) in [6.07, 6.45) is 7.53. The van der Waals surface area contributed by atoms with Crippen molar-refractivity contribution in [1.82, 2.24) is 10.2 Å². The third-order valence-electron chi connectivity index (χ3n) is 2.53. The number of piperidine rings is 1. The highest BCUT2D eigenvalue weighted by Crippen LogP contribution is 2.14. The van der Waals surface area contributed by atoms with Crippen molar-refractivity contribution in [2.75, 3.05) is 20.1 Å². The molecule has 1 aliphatic heterocycles. The fourth-order valence-corrected chi connectivity index (χ4v) is 1.73. The number of nitrogens with zero attached hydrogens (tertiary/aromatic N) is 1. The molecule has 1 N–H and O–H groups in total. The van der Waals surface area contributed by atoms with Crippen LogP contribution >= 0.6 is 0 Å². The standard InChI is InChI=1S/C11H20N2/c1-4-7-12-11-6-8-13(3)9-10(11)5-2/h4-5,7,11-12H,6,8-9H2,1-3H3/b7-4-,10-5-. The maximum absolute atomic E-state index is 3.42. The summed E-state index contributed by atoms with van der Waals surface area (Å²) >= 11 is 0. The minimum atomic E-state index is 0.553. The van der Waals surface area contributed by atoms with Crippen molar-refractivity contribution in [3.8, 4) is 0 Å². The molecule has 2 nitrogen and oxygen atoms in total. The zero-order valence-corrected chi connectivity index (χ0v) is 8.88. The number of likely N-dealkylation sites (tertiary alicyclic amines) is 1. The van der Waals surface area contributed by atoms with E-state index in [2.05, 4.69) is 30.3 Å². The molecule has 13 heavy (non-hydrogen) atoms. The van der Waals surface area contributed by atoms with E-state index in [9.17, 15) is 0 Å². The molecule has 1 aliphatic rings. The van der Waals surface area contributed by atoms with Crippen molar-refractivity contribution < 1.29 is 0 Å². The molecule has 74 valence electrons. The number of hydrogen-bond donors (Lipinski definition) is 1. The molecule has 1 fully saturated rings. The van der Waals surface area contributed by atoms with E-state index in [1.165, 1.54) is 18.5 Å². The average Bonchev–Trinajstić information content (AvgIpc) is 2.16. The van der Waals surface area contributed by atoms with Gasteiger partial charge in [0.2, 0.25) is 0 Å². The summed E-state index contributed by atoms with van der Waals surface area (Å²) in [4.78, 5) is 2.36. The van der Waals surface area contributed by atoms with Crippen LogP contribution in [0.1, 0.15) is 20.3 Å². The largest absolute Gasteiger partial charge is 0.385 e. The van der Waals surface area contributed by atoms with Crippen molar-refractivity contribution in [3.63, 3.8) is 0 Å². The normalized spacial score (nSPS) is 28.5. The third kappa shape index (κ3) is 2.88. The minimum absolute atomic E-state index is 0.553. The Hall–Kier alpha value is -0.760. The Kier molecular flexibility index (Phi) is 4.03. The van der Waals surface area contributed by atoms with Gasteiger partial charge in [-0.05, 0) is 39.1 Å². The van der Waals surface area contributed by atoms with E-state index in [0.717, 1.165) is 6.54 Å². The molecule has 0 amide bonds. The monoisotopic (exact) mass is 180 g/mol. The SMILES string of the molecule is C/C=C\NC1CCN(C)C/C1=C/C. The fourth-order valence-electron chi connectivity index (χ4n) is 1.73. The van der Waals surface area contributed by atoms with E-state index in [0.29, 0.717) is 6.04 Å². The molecule has 0 aliphatic carbocycles. The number of allylic oxidation sites excluding steroid dienone is 2. The summed E-state index contributed by atoms with van der Waals surface area (Å²) in [6.45, 7) is 6.45. The molecule has 1 rings (SSSR count). The van der Waals surface area contributed by atoms with Gasteiger partial charge in [0.05, 0.1) is 0 Å². The van der Waals surface area contributed by atoms with Crippen LogP contribution in [0.3, 0.4) is 0 Å². The molecule has 1 saturated heterocycles.